The predicted molar refractivity (Wildman–Crippen MR) is 86.0 cm³/mol. The van der Waals surface area contributed by atoms with E-state index in [1.807, 2.05) is 0 Å². The van der Waals surface area contributed by atoms with E-state index in [0.29, 0.717) is 39.6 Å². The van der Waals surface area contributed by atoms with Crippen molar-refractivity contribution in [2.75, 3.05) is 39.6 Å². The molecule has 0 rings (SSSR count). The lowest BCUT2D eigenvalue weighted by molar-refractivity contribution is -0.0365. The van der Waals surface area contributed by atoms with Gasteiger partial charge in [0.05, 0.1) is 52.2 Å². The summed E-state index contributed by atoms with van der Waals surface area (Å²) in [5.74, 6) is 0. The minimum Gasteiger partial charge on any atom is -0.502 e. The minimum absolute atomic E-state index is 0.183. The number of rotatable bonds is 16. The molecule has 4 heteroatoms. The molecule has 0 spiro atoms. The van der Waals surface area contributed by atoms with Gasteiger partial charge < -0.3 is 18.9 Å². The molecule has 0 aliphatic rings. The lowest BCUT2D eigenvalue weighted by Crippen LogP contribution is -2.35. The zero-order valence-electron chi connectivity index (χ0n) is 12.9. The molecule has 0 atom stereocenters. The van der Waals surface area contributed by atoms with Crippen LogP contribution in [0.3, 0.4) is 0 Å². The van der Waals surface area contributed by atoms with Crippen molar-refractivity contribution in [2.45, 2.75) is 12.8 Å². The van der Waals surface area contributed by atoms with Crippen LogP contribution in [0.5, 0.6) is 0 Å². The van der Waals surface area contributed by atoms with Gasteiger partial charge in [-0.1, -0.05) is 25.3 Å². The normalized spacial score (nSPS) is 10.7. The van der Waals surface area contributed by atoms with Gasteiger partial charge in [0.15, 0.2) is 0 Å². The van der Waals surface area contributed by atoms with Gasteiger partial charge in [0.25, 0.3) is 0 Å². The summed E-state index contributed by atoms with van der Waals surface area (Å²) in [6.45, 7) is 17.7. The summed E-state index contributed by atoms with van der Waals surface area (Å²) >= 11 is 0. The van der Waals surface area contributed by atoms with E-state index in [9.17, 15) is 0 Å². The molecule has 0 radical (unpaired) electrons. The van der Waals surface area contributed by atoms with Crippen molar-refractivity contribution in [2.24, 2.45) is 5.41 Å². The Hall–Kier alpha value is -1.52. The van der Waals surface area contributed by atoms with Crippen molar-refractivity contribution in [3.8, 4) is 0 Å². The van der Waals surface area contributed by atoms with E-state index in [-0.39, 0.29) is 5.41 Å². The van der Waals surface area contributed by atoms with Gasteiger partial charge >= 0.3 is 0 Å². The first kappa shape index (κ1) is 19.5. The Morgan fingerprint density at radius 3 is 1.48 bits per heavy atom. The summed E-state index contributed by atoms with van der Waals surface area (Å²) in [5.41, 5.74) is -0.183. The van der Waals surface area contributed by atoms with Crippen LogP contribution in [-0.2, 0) is 18.9 Å². The standard InChI is InChI=1S/C17H28O4/c1-5-11-20-15-17(9-13-18-7-3,10-14-19-8-4)16-21-12-6-2/h5-8H,1-4,9-16H2. The monoisotopic (exact) mass is 296 g/mol. The van der Waals surface area contributed by atoms with Gasteiger partial charge in [-0.25, -0.2) is 0 Å². The molecule has 0 aromatic rings. The first-order valence-corrected chi connectivity index (χ1v) is 7.07. The third-order valence-electron chi connectivity index (χ3n) is 3.02. The third-order valence-corrected chi connectivity index (χ3v) is 3.02. The maximum atomic E-state index is 5.65. The van der Waals surface area contributed by atoms with Gasteiger partial charge in [-0.15, -0.1) is 13.2 Å². The summed E-state index contributed by atoms with van der Waals surface area (Å²) in [7, 11) is 0. The van der Waals surface area contributed by atoms with Gasteiger partial charge in [0, 0.05) is 5.41 Å². The Bertz CT molecular complexity index is 238. The summed E-state index contributed by atoms with van der Waals surface area (Å²) in [6, 6.07) is 0. The summed E-state index contributed by atoms with van der Waals surface area (Å²) in [6.07, 6.45) is 7.92. The molecule has 0 saturated carbocycles. The Morgan fingerprint density at radius 1 is 0.714 bits per heavy atom. The van der Waals surface area contributed by atoms with Gasteiger partial charge in [-0.2, -0.15) is 0 Å². The van der Waals surface area contributed by atoms with E-state index in [1.165, 1.54) is 12.5 Å². The molecule has 120 valence electrons. The zero-order valence-corrected chi connectivity index (χ0v) is 12.9. The summed E-state index contributed by atoms with van der Waals surface area (Å²) in [5, 5.41) is 0. The average molecular weight is 296 g/mol. The topological polar surface area (TPSA) is 36.9 Å². The lowest BCUT2D eigenvalue weighted by Gasteiger charge is -2.33. The molecule has 0 aliphatic carbocycles. The van der Waals surface area contributed by atoms with Crippen molar-refractivity contribution in [3.63, 3.8) is 0 Å². The average Bonchev–Trinajstić information content (AvgIpc) is 2.48. The SMILES string of the molecule is C=CCOCC(CCOC=C)(CCOC=C)COCC=C. The summed E-state index contributed by atoms with van der Waals surface area (Å²) < 4.78 is 21.8. The highest BCUT2D eigenvalue weighted by molar-refractivity contribution is 4.81. The lowest BCUT2D eigenvalue weighted by atomic mass is 9.83. The van der Waals surface area contributed by atoms with E-state index >= 15 is 0 Å². The molecule has 0 saturated heterocycles. The maximum Gasteiger partial charge on any atom is 0.0880 e. The Morgan fingerprint density at radius 2 is 1.14 bits per heavy atom. The van der Waals surface area contributed by atoms with E-state index in [4.69, 9.17) is 18.9 Å². The molecule has 0 amide bonds. The third kappa shape index (κ3) is 9.93. The van der Waals surface area contributed by atoms with E-state index in [0.717, 1.165) is 12.8 Å². The van der Waals surface area contributed by atoms with Crippen molar-refractivity contribution in [3.05, 3.63) is 51.0 Å². The van der Waals surface area contributed by atoms with Gasteiger partial charge in [0.1, 0.15) is 0 Å². The van der Waals surface area contributed by atoms with Crippen molar-refractivity contribution < 1.29 is 18.9 Å². The van der Waals surface area contributed by atoms with Crippen LogP contribution in [0.4, 0.5) is 0 Å². The van der Waals surface area contributed by atoms with Crippen LogP contribution in [0.1, 0.15) is 12.8 Å². The molecule has 21 heavy (non-hydrogen) atoms. The second-order valence-corrected chi connectivity index (χ2v) is 4.68. The van der Waals surface area contributed by atoms with Crippen LogP contribution in [0, 0.1) is 5.41 Å². The second kappa shape index (κ2) is 13.5. The highest BCUT2D eigenvalue weighted by Gasteiger charge is 2.31. The van der Waals surface area contributed by atoms with Crippen LogP contribution in [0.25, 0.3) is 0 Å². The largest absolute Gasteiger partial charge is 0.502 e. The highest BCUT2D eigenvalue weighted by Crippen LogP contribution is 2.28. The number of hydrogen-bond acceptors (Lipinski definition) is 4. The molecule has 0 N–H and O–H groups in total. The summed E-state index contributed by atoms with van der Waals surface area (Å²) in [4.78, 5) is 0. The quantitative estimate of drug-likeness (QED) is 0.248. The fourth-order valence-corrected chi connectivity index (χ4v) is 1.89. The van der Waals surface area contributed by atoms with Crippen LogP contribution in [-0.4, -0.2) is 39.6 Å². The highest BCUT2D eigenvalue weighted by atomic mass is 16.5. The molecule has 0 aromatic carbocycles. The van der Waals surface area contributed by atoms with Gasteiger partial charge in [-0.05, 0) is 12.8 Å². The van der Waals surface area contributed by atoms with Crippen molar-refractivity contribution in [1.29, 1.82) is 0 Å². The molecule has 0 unspecified atom stereocenters. The Kier molecular flexibility index (Phi) is 12.5. The van der Waals surface area contributed by atoms with Crippen molar-refractivity contribution in [1.82, 2.24) is 0 Å². The molecule has 0 heterocycles. The van der Waals surface area contributed by atoms with Crippen molar-refractivity contribution >= 4 is 0 Å². The van der Waals surface area contributed by atoms with Crippen LogP contribution >= 0.6 is 0 Å². The number of hydrogen-bond donors (Lipinski definition) is 0. The first-order valence-electron chi connectivity index (χ1n) is 7.07. The molecule has 0 aliphatic heterocycles. The molecule has 0 fully saturated rings. The zero-order chi connectivity index (χ0) is 15.8. The fraction of sp³-hybridized carbons (Fsp3) is 0.529. The number of ether oxygens (including phenoxy) is 4. The molecular formula is C17H28O4. The molecule has 0 aromatic heterocycles. The molecule has 0 bridgehead atoms. The van der Waals surface area contributed by atoms with Gasteiger partial charge in [-0.3, -0.25) is 0 Å². The minimum atomic E-state index is -0.183. The molecule has 4 nitrogen and oxygen atoms in total. The predicted octanol–water partition coefficient (Wildman–Crippen LogP) is 3.48. The van der Waals surface area contributed by atoms with Crippen LogP contribution < -0.4 is 0 Å². The van der Waals surface area contributed by atoms with E-state index in [2.05, 4.69) is 26.3 Å². The van der Waals surface area contributed by atoms with Gasteiger partial charge in [0.2, 0.25) is 0 Å². The Balaban J connectivity index is 4.66. The molecular weight excluding hydrogens is 268 g/mol. The maximum absolute atomic E-state index is 5.65. The smallest absolute Gasteiger partial charge is 0.0880 e. The van der Waals surface area contributed by atoms with Crippen LogP contribution in [0.2, 0.25) is 0 Å². The van der Waals surface area contributed by atoms with E-state index in [1.54, 1.807) is 12.2 Å². The first-order chi connectivity index (χ1) is 10.2. The second-order valence-electron chi connectivity index (χ2n) is 4.68. The van der Waals surface area contributed by atoms with Crippen LogP contribution in [0.15, 0.2) is 51.0 Å². The fourth-order valence-electron chi connectivity index (χ4n) is 1.89. The van der Waals surface area contributed by atoms with E-state index < -0.39 is 0 Å². The Labute approximate surface area is 128 Å².